The molecule has 44 heavy (non-hydrogen) atoms. The first-order valence-corrected chi connectivity index (χ1v) is 22.3. The van der Waals surface area contributed by atoms with E-state index in [1.165, 1.54) is 69.4 Å². The summed E-state index contributed by atoms with van der Waals surface area (Å²) in [6, 6.07) is 16.1. The fraction of sp³-hybridized carbons (Fsp3) is 0.575. The predicted molar refractivity (Wildman–Crippen MR) is 185 cm³/mol. The van der Waals surface area contributed by atoms with E-state index in [0.29, 0.717) is 0 Å². The van der Waals surface area contributed by atoms with E-state index in [0.717, 1.165) is 6.42 Å². The van der Waals surface area contributed by atoms with E-state index in [9.17, 15) is 0 Å². The summed E-state index contributed by atoms with van der Waals surface area (Å²) in [5.74, 6) is 0. The molecule has 0 N–H and O–H groups in total. The Kier molecular flexibility index (Phi) is 16.9. The van der Waals surface area contributed by atoms with Crippen LogP contribution in [0.2, 0.25) is 11.1 Å². The number of allylic oxidation sites excluding steroid dienone is 4. The second-order valence-electron chi connectivity index (χ2n) is 15.1. The molecule has 0 heterocycles. The van der Waals surface area contributed by atoms with E-state index in [1.54, 1.807) is 51.4 Å². The molecule has 0 aromatic heterocycles. The van der Waals surface area contributed by atoms with Crippen LogP contribution in [-0.4, -0.2) is 5.43 Å². The van der Waals surface area contributed by atoms with Gasteiger partial charge in [0.15, 0.2) is 0 Å². The molecule has 3 aromatic rings. The summed E-state index contributed by atoms with van der Waals surface area (Å²) in [5, 5.41) is 5.49. The third-order valence-electron chi connectivity index (χ3n) is 9.62. The quantitative estimate of drug-likeness (QED) is 0.159. The normalized spacial score (nSPS) is 17.8. The summed E-state index contributed by atoms with van der Waals surface area (Å²) in [7, 11) is 0. The van der Waals surface area contributed by atoms with Gasteiger partial charge in [0.25, 0.3) is 0 Å². The number of hydrogen-bond acceptors (Lipinski definition) is 0. The Hall–Kier alpha value is -0.530. The van der Waals surface area contributed by atoms with Gasteiger partial charge in [-0.1, -0.05) is 76.9 Å². The van der Waals surface area contributed by atoms with Crippen molar-refractivity contribution in [1.82, 2.24) is 0 Å². The van der Waals surface area contributed by atoms with Crippen LogP contribution in [0.3, 0.4) is 0 Å². The van der Waals surface area contributed by atoms with Crippen molar-refractivity contribution in [3.05, 3.63) is 77.9 Å². The van der Waals surface area contributed by atoms with Crippen LogP contribution >= 0.6 is 0 Å². The van der Waals surface area contributed by atoms with Gasteiger partial charge in [-0.25, -0.2) is 12.2 Å². The Morgan fingerprint density at radius 2 is 1.07 bits per heavy atom. The minimum absolute atomic E-state index is 0. The first kappa shape index (κ1) is 39.6. The van der Waals surface area contributed by atoms with Crippen LogP contribution in [0, 0.1) is 6.08 Å². The van der Waals surface area contributed by atoms with Gasteiger partial charge in [-0.15, -0.1) is 46.2 Å². The molecule has 3 aromatic carbocycles. The standard InChI is InChI=1S/C21H25.C14H26Si.C5H5.2ClH.Zr/c1-20(2,3)16-9-7-14-11-15-8-10-17(21(4,5)6)13-19(15)18(14)12-16;1-2-6-10-13(9-5-1)15-14-11-7-3-4-8-12-14;1-2-4-5-3-1;;;/h7-13H,1-6H3;13-14H,1-12H2;1-3H,4H2;2*1H;/q-1;;-1;;;+2/p-2. The van der Waals surface area contributed by atoms with E-state index in [4.69, 9.17) is 0 Å². The molecular weight excluding hydrogens is 671 g/mol. The maximum atomic E-state index is 2.99. The maximum absolute atomic E-state index is 2.99. The van der Waals surface area contributed by atoms with E-state index in [1.807, 2.05) is 35.5 Å². The summed E-state index contributed by atoms with van der Waals surface area (Å²) < 4.78 is 0. The predicted octanol–water partition coefficient (Wildman–Crippen LogP) is 6.59. The molecule has 2 saturated carbocycles. The van der Waals surface area contributed by atoms with Gasteiger partial charge < -0.3 is 24.8 Å². The van der Waals surface area contributed by atoms with Gasteiger partial charge in [-0.2, -0.15) is 6.08 Å². The summed E-state index contributed by atoms with van der Waals surface area (Å²) in [6.07, 6.45) is 28.8. The molecule has 0 nitrogen and oxygen atoms in total. The van der Waals surface area contributed by atoms with Gasteiger partial charge in [0.1, 0.15) is 0 Å². The monoisotopic (exact) mass is 724 g/mol. The molecule has 0 radical (unpaired) electrons. The van der Waals surface area contributed by atoms with Crippen LogP contribution in [0.15, 0.2) is 60.7 Å². The topological polar surface area (TPSA) is 0 Å². The Morgan fingerprint density at radius 1 is 0.659 bits per heavy atom. The number of benzene rings is 2. The zero-order valence-electron chi connectivity index (χ0n) is 28.4. The molecule has 0 aliphatic heterocycles. The third kappa shape index (κ3) is 11.6. The summed E-state index contributed by atoms with van der Waals surface area (Å²) in [6.45, 7) is 13.7. The molecule has 0 spiro atoms. The van der Waals surface area contributed by atoms with Crippen LogP contribution in [0.25, 0.3) is 21.5 Å². The van der Waals surface area contributed by atoms with Crippen LogP contribution in [0.1, 0.15) is 136 Å². The zero-order chi connectivity index (χ0) is 30.2. The minimum atomic E-state index is 0. The Labute approximate surface area is 297 Å². The molecular formula is C40H56Cl2SiZr-2. The van der Waals surface area contributed by atoms with E-state index in [-0.39, 0.29) is 41.1 Å². The second-order valence-corrected chi connectivity index (χ2v) is 21.9. The van der Waals surface area contributed by atoms with Gasteiger partial charge in [0.05, 0.1) is 0 Å². The van der Waals surface area contributed by atoms with E-state index in [2.05, 4.69) is 96.2 Å². The molecule has 4 heteroatoms. The average molecular weight is 727 g/mol. The van der Waals surface area contributed by atoms with Crippen molar-refractivity contribution in [2.45, 2.75) is 147 Å². The van der Waals surface area contributed by atoms with Crippen LogP contribution in [-0.2, 0) is 34.2 Å². The van der Waals surface area contributed by atoms with Crippen molar-refractivity contribution in [2.75, 3.05) is 0 Å². The van der Waals surface area contributed by atoms with Crippen molar-refractivity contribution >= 4 is 27.0 Å². The van der Waals surface area contributed by atoms with Crippen molar-refractivity contribution in [2.24, 2.45) is 0 Å². The summed E-state index contributed by atoms with van der Waals surface area (Å²) in [5.41, 5.74) is 5.69. The second kappa shape index (κ2) is 18.7. The van der Waals surface area contributed by atoms with Crippen molar-refractivity contribution in [3.8, 4) is 0 Å². The van der Waals surface area contributed by atoms with Crippen LogP contribution in [0.4, 0.5) is 0 Å². The van der Waals surface area contributed by atoms with Gasteiger partial charge in [-0.05, 0) is 10.8 Å². The van der Waals surface area contributed by atoms with Gasteiger partial charge in [0.2, 0.25) is 0 Å². The molecule has 240 valence electrons. The molecule has 0 saturated heterocycles. The van der Waals surface area contributed by atoms with Gasteiger partial charge >= 0.3 is 117 Å². The van der Waals surface area contributed by atoms with E-state index >= 15 is 0 Å². The number of hydrogen-bond donors (Lipinski definition) is 0. The zero-order valence-corrected chi connectivity index (χ0v) is 33.3. The van der Waals surface area contributed by atoms with Gasteiger partial charge in [0, 0.05) is 0 Å². The molecule has 6 rings (SSSR count). The van der Waals surface area contributed by atoms with Crippen molar-refractivity contribution in [3.63, 3.8) is 0 Å². The van der Waals surface area contributed by atoms with Crippen molar-refractivity contribution in [1.29, 1.82) is 0 Å². The van der Waals surface area contributed by atoms with Crippen LogP contribution in [0.5, 0.6) is 0 Å². The molecule has 3 aliphatic rings. The van der Waals surface area contributed by atoms with Gasteiger partial charge in [-0.3, -0.25) is 6.08 Å². The number of fused-ring (bicyclic) bond motifs is 3. The number of halogens is 2. The van der Waals surface area contributed by atoms with Crippen molar-refractivity contribution < 1.29 is 48.1 Å². The Bertz CT molecular complexity index is 1250. The summed E-state index contributed by atoms with van der Waals surface area (Å²) >= 11 is 1.96. The summed E-state index contributed by atoms with van der Waals surface area (Å²) in [4.78, 5) is 0. The molecule has 2 fully saturated rings. The molecule has 3 aliphatic carbocycles. The molecule has 0 atom stereocenters. The SMILES string of the molecule is CC(C)(C)c1ccc2[cH-]c3ccc(C(C)(C)C)cc3c2c1.[C-]1=CC=CC1.[Cl-].[Cl-].[Zr+2]=[Si](C1CCCCCC1)C1CCCCCC1. The van der Waals surface area contributed by atoms with E-state index < -0.39 is 0 Å². The number of rotatable bonds is 2. The fourth-order valence-electron chi connectivity index (χ4n) is 6.79. The first-order valence-electron chi connectivity index (χ1n) is 17.0. The Balaban J connectivity index is 0.000000260. The Morgan fingerprint density at radius 3 is 1.36 bits per heavy atom. The average Bonchev–Trinajstić information content (AvgIpc) is 3.47. The molecule has 0 bridgehead atoms. The van der Waals surface area contributed by atoms with Crippen LogP contribution < -0.4 is 24.8 Å². The fourth-order valence-corrected chi connectivity index (χ4v) is 13.8. The molecule has 0 amide bonds. The third-order valence-corrected chi connectivity index (χ3v) is 18.6. The first-order chi connectivity index (χ1) is 20.0. The molecule has 0 unspecified atom stereocenters.